The summed E-state index contributed by atoms with van der Waals surface area (Å²) in [4.78, 5) is 20.6. The van der Waals surface area contributed by atoms with Crippen molar-refractivity contribution < 1.29 is 4.79 Å². The molecule has 0 saturated heterocycles. The first-order valence-corrected chi connectivity index (χ1v) is 8.64. The number of rotatable bonds is 6. The minimum absolute atomic E-state index is 0.0190. The molecule has 0 atom stereocenters. The van der Waals surface area contributed by atoms with Crippen LogP contribution in [0.3, 0.4) is 0 Å². The number of nitrogens with one attached hydrogen (secondary N) is 2. The fourth-order valence-electron chi connectivity index (χ4n) is 2.60. The van der Waals surface area contributed by atoms with Gasteiger partial charge in [0.25, 0.3) is 0 Å². The Kier molecular flexibility index (Phi) is 5.59. The summed E-state index contributed by atoms with van der Waals surface area (Å²) in [6, 6.07) is 19.5. The monoisotopic (exact) mass is 346 g/mol. The van der Waals surface area contributed by atoms with E-state index < -0.39 is 0 Å². The summed E-state index contributed by atoms with van der Waals surface area (Å²) in [6.45, 7) is 4.05. The zero-order valence-electron chi connectivity index (χ0n) is 14.9. The molecule has 2 N–H and O–H groups in total. The van der Waals surface area contributed by atoms with E-state index in [-0.39, 0.29) is 5.91 Å². The molecule has 0 radical (unpaired) electrons. The lowest BCUT2D eigenvalue weighted by molar-refractivity contribution is -0.116. The van der Waals surface area contributed by atoms with Gasteiger partial charge in [-0.25, -0.2) is 9.97 Å². The molecule has 1 amide bonds. The second-order valence-corrected chi connectivity index (χ2v) is 6.51. The van der Waals surface area contributed by atoms with Crippen LogP contribution in [0.25, 0.3) is 11.3 Å². The number of nitrogens with zero attached hydrogens (tertiary/aromatic N) is 2. The first-order chi connectivity index (χ1) is 12.6. The third kappa shape index (κ3) is 4.89. The fraction of sp³-hybridized carbons (Fsp3) is 0.190. The van der Waals surface area contributed by atoms with Crippen molar-refractivity contribution in [3.63, 3.8) is 0 Å². The van der Waals surface area contributed by atoms with Crippen molar-refractivity contribution in [1.29, 1.82) is 0 Å². The third-order valence-electron chi connectivity index (χ3n) is 3.75. The van der Waals surface area contributed by atoms with Crippen molar-refractivity contribution >= 4 is 23.1 Å². The zero-order valence-corrected chi connectivity index (χ0v) is 14.9. The van der Waals surface area contributed by atoms with Crippen molar-refractivity contribution in [3.8, 4) is 11.3 Å². The average molecular weight is 346 g/mol. The van der Waals surface area contributed by atoms with E-state index in [1.807, 2.05) is 74.5 Å². The molecule has 5 nitrogen and oxygen atoms in total. The Morgan fingerprint density at radius 3 is 2.50 bits per heavy atom. The van der Waals surface area contributed by atoms with Gasteiger partial charge in [0.05, 0.1) is 5.69 Å². The summed E-state index contributed by atoms with van der Waals surface area (Å²) in [5.74, 6) is 1.05. The van der Waals surface area contributed by atoms with Crippen molar-refractivity contribution in [1.82, 2.24) is 9.97 Å². The summed E-state index contributed by atoms with van der Waals surface area (Å²) < 4.78 is 0. The van der Waals surface area contributed by atoms with E-state index >= 15 is 0 Å². The predicted molar refractivity (Wildman–Crippen MR) is 105 cm³/mol. The Labute approximate surface area is 153 Å². The molecule has 3 rings (SSSR count). The molecular weight excluding hydrogens is 324 g/mol. The lowest BCUT2D eigenvalue weighted by Crippen LogP contribution is -2.13. The van der Waals surface area contributed by atoms with E-state index in [9.17, 15) is 4.79 Å². The van der Waals surface area contributed by atoms with Gasteiger partial charge < -0.3 is 10.6 Å². The topological polar surface area (TPSA) is 66.9 Å². The molecule has 0 spiro atoms. The highest BCUT2D eigenvalue weighted by Crippen LogP contribution is 2.22. The quantitative estimate of drug-likeness (QED) is 0.668. The molecule has 0 bridgehead atoms. The Morgan fingerprint density at radius 2 is 1.73 bits per heavy atom. The number of hydrogen-bond acceptors (Lipinski definition) is 4. The van der Waals surface area contributed by atoms with E-state index in [1.165, 1.54) is 0 Å². The van der Waals surface area contributed by atoms with Gasteiger partial charge in [0.1, 0.15) is 12.1 Å². The van der Waals surface area contributed by atoms with Gasteiger partial charge in [0.15, 0.2) is 0 Å². The maximum absolute atomic E-state index is 11.9. The van der Waals surface area contributed by atoms with Gasteiger partial charge in [-0.1, -0.05) is 50.2 Å². The number of anilines is 3. The molecule has 3 aromatic rings. The minimum atomic E-state index is 0.0190. The predicted octanol–water partition coefficient (Wildman–Crippen LogP) is 4.87. The zero-order chi connectivity index (χ0) is 18.4. The van der Waals surface area contributed by atoms with Crippen LogP contribution in [0.5, 0.6) is 0 Å². The largest absolute Gasteiger partial charge is 0.340 e. The average Bonchev–Trinajstić information content (AvgIpc) is 2.62. The first kappa shape index (κ1) is 17.6. The molecule has 0 aliphatic carbocycles. The van der Waals surface area contributed by atoms with Gasteiger partial charge >= 0.3 is 0 Å². The van der Waals surface area contributed by atoms with Crippen LogP contribution in [0.4, 0.5) is 17.2 Å². The number of hydrogen-bond donors (Lipinski definition) is 2. The first-order valence-electron chi connectivity index (χ1n) is 8.64. The molecule has 5 heteroatoms. The number of amides is 1. The Hall–Kier alpha value is -3.21. The van der Waals surface area contributed by atoms with Crippen LogP contribution in [-0.4, -0.2) is 15.9 Å². The molecule has 1 heterocycles. The summed E-state index contributed by atoms with van der Waals surface area (Å²) in [6.07, 6.45) is 2.04. The second-order valence-electron chi connectivity index (χ2n) is 6.51. The van der Waals surface area contributed by atoms with E-state index in [1.54, 1.807) is 6.33 Å². The summed E-state index contributed by atoms with van der Waals surface area (Å²) in [5, 5.41) is 6.19. The van der Waals surface area contributed by atoms with Crippen LogP contribution in [0.1, 0.15) is 20.3 Å². The number of carbonyl (C=O) groups is 1. The molecular formula is C21H22N4O. The van der Waals surface area contributed by atoms with E-state index in [0.717, 1.165) is 22.6 Å². The van der Waals surface area contributed by atoms with Crippen molar-refractivity contribution in [2.45, 2.75) is 20.3 Å². The van der Waals surface area contributed by atoms with Crippen LogP contribution in [-0.2, 0) is 4.79 Å². The molecule has 2 aromatic carbocycles. The Balaban J connectivity index is 1.73. The van der Waals surface area contributed by atoms with Crippen molar-refractivity contribution in [2.75, 3.05) is 10.6 Å². The van der Waals surface area contributed by atoms with Gasteiger partial charge in [-0.3, -0.25) is 4.79 Å². The van der Waals surface area contributed by atoms with Gasteiger partial charge in [-0.05, 0) is 24.1 Å². The molecule has 0 aliphatic heterocycles. The van der Waals surface area contributed by atoms with E-state index in [4.69, 9.17) is 0 Å². The third-order valence-corrected chi connectivity index (χ3v) is 3.75. The van der Waals surface area contributed by atoms with Crippen LogP contribution < -0.4 is 10.6 Å². The highest BCUT2D eigenvalue weighted by atomic mass is 16.1. The van der Waals surface area contributed by atoms with Gasteiger partial charge in [0.2, 0.25) is 5.91 Å². The second kappa shape index (κ2) is 8.25. The Morgan fingerprint density at radius 1 is 0.962 bits per heavy atom. The lowest BCUT2D eigenvalue weighted by atomic mass is 10.1. The van der Waals surface area contributed by atoms with E-state index in [2.05, 4.69) is 20.6 Å². The molecule has 1 aromatic heterocycles. The maximum Gasteiger partial charge on any atom is 0.224 e. The smallest absolute Gasteiger partial charge is 0.224 e. The maximum atomic E-state index is 11.9. The Bertz CT molecular complexity index is 878. The van der Waals surface area contributed by atoms with Crippen LogP contribution in [0.2, 0.25) is 0 Å². The van der Waals surface area contributed by atoms with Crippen LogP contribution in [0, 0.1) is 5.92 Å². The minimum Gasteiger partial charge on any atom is -0.340 e. The molecule has 0 aliphatic rings. The number of carbonyl (C=O) groups excluding carboxylic acids is 1. The molecule has 0 unspecified atom stereocenters. The van der Waals surface area contributed by atoms with Crippen molar-refractivity contribution in [3.05, 3.63) is 67.0 Å². The molecule has 0 fully saturated rings. The highest BCUT2D eigenvalue weighted by Gasteiger charge is 2.06. The standard InChI is InChI=1S/C21H22N4O/c1-15(2)11-21(26)25-18-10-6-9-17(12-18)24-20-13-19(22-14-23-20)16-7-4-3-5-8-16/h3-10,12-15H,11H2,1-2H3,(H,25,26)(H,22,23,24). The van der Waals surface area contributed by atoms with Gasteiger partial charge in [-0.15, -0.1) is 0 Å². The summed E-state index contributed by atoms with van der Waals surface area (Å²) in [7, 11) is 0. The van der Waals surface area contributed by atoms with Crippen molar-refractivity contribution in [2.24, 2.45) is 5.92 Å². The normalized spacial score (nSPS) is 10.6. The molecule has 26 heavy (non-hydrogen) atoms. The number of aromatic nitrogens is 2. The SMILES string of the molecule is CC(C)CC(=O)Nc1cccc(Nc2cc(-c3ccccc3)ncn2)c1. The van der Waals surface area contributed by atoms with Gasteiger partial charge in [-0.2, -0.15) is 0 Å². The molecule has 132 valence electrons. The van der Waals surface area contributed by atoms with E-state index in [0.29, 0.717) is 18.2 Å². The van der Waals surface area contributed by atoms with Crippen LogP contribution >= 0.6 is 0 Å². The highest BCUT2D eigenvalue weighted by molar-refractivity contribution is 5.91. The van der Waals surface area contributed by atoms with Crippen LogP contribution in [0.15, 0.2) is 67.0 Å². The molecule has 0 saturated carbocycles. The van der Waals surface area contributed by atoms with Gasteiger partial charge in [0, 0.05) is 29.4 Å². The summed E-state index contributed by atoms with van der Waals surface area (Å²) in [5.41, 5.74) is 3.50. The summed E-state index contributed by atoms with van der Waals surface area (Å²) >= 11 is 0. The number of benzene rings is 2. The fourth-order valence-corrected chi connectivity index (χ4v) is 2.60. The lowest BCUT2D eigenvalue weighted by Gasteiger charge is -2.10.